The van der Waals surface area contributed by atoms with Gasteiger partial charge in [-0.2, -0.15) is 0 Å². The summed E-state index contributed by atoms with van der Waals surface area (Å²) in [5.74, 6) is 1.46. The zero-order chi connectivity index (χ0) is 23.2. The van der Waals surface area contributed by atoms with Gasteiger partial charge in [-0.1, -0.05) is 54.2 Å². The summed E-state index contributed by atoms with van der Waals surface area (Å²) >= 11 is 1.38. The maximum absolute atomic E-state index is 12.9. The topological polar surface area (TPSA) is 76.2 Å². The molecule has 34 heavy (non-hydrogen) atoms. The maximum atomic E-state index is 12.9. The van der Waals surface area contributed by atoms with Gasteiger partial charge in [-0.15, -0.1) is 10.2 Å². The second-order valence-corrected chi connectivity index (χ2v) is 9.20. The summed E-state index contributed by atoms with van der Waals surface area (Å²) < 4.78 is 7.56. The zero-order valence-electron chi connectivity index (χ0n) is 18.9. The van der Waals surface area contributed by atoms with Gasteiger partial charge in [0, 0.05) is 13.1 Å². The van der Waals surface area contributed by atoms with Crippen molar-refractivity contribution in [1.82, 2.24) is 14.8 Å². The van der Waals surface area contributed by atoms with Crippen LogP contribution in [0.5, 0.6) is 0 Å². The average molecular weight is 474 g/mol. The lowest BCUT2D eigenvalue weighted by molar-refractivity contribution is -0.113. The molecule has 1 aliphatic heterocycles. The van der Waals surface area contributed by atoms with Crippen molar-refractivity contribution in [2.24, 2.45) is 0 Å². The third kappa shape index (κ3) is 5.17. The third-order valence-electron chi connectivity index (χ3n) is 5.85. The van der Waals surface area contributed by atoms with Crippen molar-refractivity contribution in [2.75, 3.05) is 29.1 Å². The van der Waals surface area contributed by atoms with Crippen LogP contribution in [0.25, 0.3) is 11.6 Å². The SMILES string of the molecule is O=C(CSc1nnc(-c2ccco2)n1Cc1ccccc1)Nc1ccccc1N1CCCCC1. The smallest absolute Gasteiger partial charge is 0.234 e. The van der Waals surface area contributed by atoms with Gasteiger partial charge >= 0.3 is 0 Å². The zero-order valence-corrected chi connectivity index (χ0v) is 19.7. The Morgan fingerprint density at radius 2 is 1.74 bits per heavy atom. The van der Waals surface area contributed by atoms with E-state index in [1.807, 2.05) is 53.1 Å². The van der Waals surface area contributed by atoms with Crippen LogP contribution in [-0.2, 0) is 11.3 Å². The number of carbonyl (C=O) groups excluding carboxylic acids is 1. The summed E-state index contributed by atoms with van der Waals surface area (Å²) in [4.78, 5) is 15.3. The highest BCUT2D eigenvalue weighted by Crippen LogP contribution is 2.29. The van der Waals surface area contributed by atoms with Gasteiger partial charge in [-0.3, -0.25) is 9.36 Å². The Morgan fingerprint density at radius 1 is 0.941 bits per heavy atom. The molecule has 3 heterocycles. The molecule has 1 saturated heterocycles. The number of carbonyl (C=O) groups is 1. The van der Waals surface area contributed by atoms with Crippen molar-refractivity contribution in [3.63, 3.8) is 0 Å². The van der Waals surface area contributed by atoms with E-state index in [1.165, 1.54) is 31.0 Å². The molecule has 2 aromatic heterocycles. The predicted molar refractivity (Wildman–Crippen MR) is 135 cm³/mol. The molecule has 4 aromatic rings. The first-order valence-corrected chi connectivity index (χ1v) is 12.5. The number of amides is 1. The van der Waals surface area contributed by atoms with Crippen LogP contribution >= 0.6 is 11.8 Å². The van der Waals surface area contributed by atoms with Crippen molar-refractivity contribution in [1.29, 1.82) is 0 Å². The molecule has 1 aliphatic rings. The number of aromatic nitrogens is 3. The largest absolute Gasteiger partial charge is 0.461 e. The first-order valence-electron chi connectivity index (χ1n) is 11.6. The van der Waals surface area contributed by atoms with Crippen molar-refractivity contribution in [2.45, 2.75) is 31.0 Å². The Kier molecular flexibility index (Phi) is 6.95. The molecule has 0 saturated carbocycles. The highest BCUT2D eigenvalue weighted by atomic mass is 32.2. The number of rotatable bonds is 8. The van der Waals surface area contributed by atoms with Gasteiger partial charge in [-0.05, 0) is 49.1 Å². The first kappa shape index (κ1) is 22.3. The first-order chi connectivity index (χ1) is 16.8. The van der Waals surface area contributed by atoms with Crippen molar-refractivity contribution in [3.05, 3.63) is 78.6 Å². The molecule has 0 unspecified atom stereocenters. The predicted octanol–water partition coefficient (Wildman–Crippen LogP) is 5.31. The van der Waals surface area contributed by atoms with E-state index in [1.54, 1.807) is 6.26 Å². The molecule has 0 atom stereocenters. The van der Waals surface area contributed by atoms with E-state index in [2.05, 4.69) is 38.6 Å². The summed E-state index contributed by atoms with van der Waals surface area (Å²) in [5.41, 5.74) is 3.07. The number of anilines is 2. The molecule has 0 spiro atoms. The van der Waals surface area contributed by atoms with Crippen LogP contribution in [0, 0.1) is 0 Å². The second-order valence-electron chi connectivity index (χ2n) is 8.26. The highest BCUT2D eigenvalue weighted by molar-refractivity contribution is 7.99. The Labute approximate surface area is 203 Å². The lowest BCUT2D eigenvalue weighted by Gasteiger charge is -2.30. The van der Waals surface area contributed by atoms with Crippen LogP contribution in [0.3, 0.4) is 0 Å². The molecule has 2 aromatic carbocycles. The fourth-order valence-electron chi connectivity index (χ4n) is 4.20. The summed E-state index contributed by atoms with van der Waals surface area (Å²) in [5, 5.41) is 12.5. The van der Waals surface area contributed by atoms with Gasteiger partial charge in [0.15, 0.2) is 10.9 Å². The van der Waals surface area contributed by atoms with Gasteiger partial charge in [0.1, 0.15) is 0 Å². The van der Waals surface area contributed by atoms with Gasteiger partial charge < -0.3 is 14.6 Å². The molecule has 0 radical (unpaired) electrons. The number of benzene rings is 2. The molecule has 0 bridgehead atoms. The highest BCUT2D eigenvalue weighted by Gasteiger charge is 2.19. The molecule has 8 heteroatoms. The monoisotopic (exact) mass is 473 g/mol. The third-order valence-corrected chi connectivity index (χ3v) is 6.82. The number of hydrogen-bond donors (Lipinski definition) is 1. The average Bonchev–Trinajstić information content (AvgIpc) is 3.54. The van der Waals surface area contributed by atoms with Crippen LogP contribution in [0.15, 0.2) is 82.6 Å². The molecule has 1 N–H and O–H groups in total. The van der Waals surface area contributed by atoms with Crippen LogP contribution in [0.4, 0.5) is 11.4 Å². The lowest BCUT2D eigenvalue weighted by atomic mass is 10.1. The molecule has 0 aliphatic carbocycles. The molecule has 174 valence electrons. The molecule has 5 rings (SSSR count). The fraction of sp³-hybridized carbons (Fsp3) is 0.269. The number of furan rings is 1. The Balaban J connectivity index is 1.30. The van der Waals surface area contributed by atoms with Gasteiger partial charge in [0.05, 0.1) is 29.9 Å². The maximum Gasteiger partial charge on any atom is 0.234 e. The van der Waals surface area contributed by atoms with Crippen molar-refractivity contribution < 1.29 is 9.21 Å². The Morgan fingerprint density at radius 3 is 2.53 bits per heavy atom. The van der Waals surface area contributed by atoms with Crippen LogP contribution in [0.2, 0.25) is 0 Å². The fourth-order valence-corrected chi connectivity index (χ4v) is 4.94. The minimum atomic E-state index is -0.0664. The second kappa shape index (κ2) is 10.6. The number of hydrogen-bond acceptors (Lipinski definition) is 6. The number of piperidine rings is 1. The summed E-state index contributed by atoms with van der Waals surface area (Å²) in [7, 11) is 0. The van der Waals surface area contributed by atoms with Gasteiger partial charge in [-0.25, -0.2) is 0 Å². The summed E-state index contributed by atoms with van der Waals surface area (Å²) in [6.07, 6.45) is 5.27. The minimum absolute atomic E-state index is 0.0664. The Bertz CT molecular complexity index is 1220. The van der Waals surface area contributed by atoms with Gasteiger partial charge in [0.2, 0.25) is 11.7 Å². The quantitative estimate of drug-likeness (QED) is 0.350. The van der Waals surface area contributed by atoms with E-state index in [-0.39, 0.29) is 11.7 Å². The Hall–Kier alpha value is -3.52. The van der Waals surface area contributed by atoms with E-state index >= 15 is 0 Å². The number of nitrogens with zero attached hydrogens (tertiary/aromatic N) is 4. The van der Waals surface area contributed by atoms with Crippen LogP contribution in [-0.4, -0.2) is 39.5 Å². The van der Waals surface area contributed by atoms with Crippen LogP contribution in [0.1, 0.15) is 24.8 Å². The van der Waals surface area contributed by atoms with Crippen molar-refractivity contribution in [3.8, 4) is 11.6 Å². The van der Waals surface area contributed by atoms with E-state index in [0.29, 0.717) is 23.3 Å². The molecular formula is C26H27N5O2S. The molecular weight excluding hydrogens is 446 g/mol. The van der Waals surface area contributed by atoms with Crippen LogP contribution < -0.4 is 10.2 Å². The number of para-hydroxylation sites is 2. The lowest BCUT2D eigenvalue weighted by Crippen LogP contribution is -2.30. The summed E-state index contributed by atoms with van der Waals surface area (Å²) in [6, 6.07) is 21.9. The normalized spacial score (nSPS) is 13.7. The minimum Gasteiger partial charge on any atom is -0.461 e. The van der Waals surface area contributed by atoms with E-state index in [9.17, 15) is 4.79 Å². The number of thioether (sulfide) groups is 1. The molecule has 1 amide bonds. The van der Waals surface area contributed by atoms with E-state index in [0.717, 1.165) is 30.0 Å². The van der Waals surface area contributed by atoms with Gasteiger partial charge in [0.25, 0.3) is 0 Å². The standard InChI is InChI=1S/C26H27N5O2S/c32-24(27-21-12-5-6-13-22(21)30-15-7-2-8-16-30)19-34-26-29-28-25(23-14-9-17-33-23)31(26)18-20-10-3-1-4-11-20/h1,3-6,9-14,17H,2,7-8,15-16,18-19H2,(H,27,32). The molecule has 7 nitrogen and oxygen atoms in total. The molecule has 1 fully saturated rings. The number of nitrogens with one attached hydrogen (secondary N) is 1. The van der Waals surface area contributed by atoms with E-state index < -0.39 is 0 Å². The van der Waals surface area contributed by atoms with E-state index in [4.69, 9.17) is 4.42 Å². The van der Waals surface area contributed by atoms with Crippen molar-refractivity contribution >= 4 is 29.0 Å². The summed E-state index contributed by atoms with van der Waals surface area (Å²) in [6.45, 7) is 2.64.